The molecule has 0 unspecified atom stereocenters. The van der Waals surface area contributed by atoms with Crippen molar-refractivity contribution in [1.29, 1.82) is 5.26 Å². The molecule has 0 amide bonds. The van der Waals surface area contributed by atoms with Crippen molar-refractivity contribution in [3.05, 3.63) is 46.8 Å². The smallest absolute Gasteiger partial charge is 0.143 e. The summed E-state index contributed by atoms with van der Waals surface area (Å²) < 4.78 is 12.9. The Kier molecular flexibility index (Phi) is 5.13. The van der Waals surface area contributed by atoms with E-state index < -0.39 is 5.83 Å². The van der Waals surface area contributed by atoms with Gasteiger partial charge in [-0.05, 0) is 12.2 Å². The summed E-state index contributed by atoms with van der Waals surface area (Å²) in [6.45, 7) is 6.54. The molecule has 0 aliphatic rings. The summed E-state index contributed by atoms with van der Waals surface area (Å²) in [7, 11) is 0. The van der Waals surface area contributed by atoms with Crippen LogP contribution in [0.5, 0.6) is 0 Å². The average Bonchev–Trinajstić information content (AvgIpc) is 2.11. The molecule has 0 aromatic carbocycles. The fraction of sp³-hybridized carbons (Fsp3) is 0. The molecule has 0 radical (unpaired) electrons. The number of nitriles is 1. The topological polar surface area (TPSA) is 23.8 Å². The van der Waals surface area contributed by atoms with E-state index in [1.165, 1.54) is 0 Å². The van der Waals surface area contributed by atoms with Crippen molar-refractivity contribution >= 4 is 23.2 Å². The second-order valence-electron chi connectivity index (χ2n) is 1.97. The molecule has 0 atom stereocenters. The maximum Gasteiger partial charge on any atom is 0.143 e. The molecule has 0 heterocycles. The molecule has 0 saturated heterocycles. The van der Waals surface area contributed by atoms with Gasteiger partial charge in [0.25, 0.3) is 0 Å². The number of rotatable bonds is 3. The van der Waals surface area contributed by atoms with Crippen LogP contribution in [-0.2, 0) is 0 Å². The van der Waals surface area contributed by atoms with Crippen molar-refractivity contribution < 1.29 is 4.39 Å². The molecule has 0 fully saturated rings. The molecule has 0 aliphatic carbocycles. The third-order valence-corrected chi connectivity index (χ3v) is 1.63. The Morgan fingerprint density at radius 1 is 1.46 bits per heavy atom. The van der Waals surface area contributed by atoms with E-state index in [4.69, 9.17) is 28.5 Å². The number of hydrogen-bond donors (Lipinski definition) is 0. The first kappa shape index (κ1) is 12.0. The van der Waals surface area contributed by atoms with Gasteiger partial charge in [0.15, 0.2) is 0 Å². The van der Waals surface area contributed by atoms with Crippen LogP contribution in [0.25, 0.3) is 0 Å². The zero-order valence-corrected chi connectivity index (χ0v) is 8.16. The molecule has 4 heteroatoms. The van der Waals surface area contributed by atoms with Gasteiger partial charge in [-0.25, -0.2) is 4.39 Å². The lowest BCUT2D eigenvalue weighted by Crippen LogP contribution is -1.79. The molecule has 0 rings (SSSR count). The molecule has 13 heavy (non-hydrogen) atoms. The zero-order chi connectivity index (χ0) is 10.4. The van der Waals surface area contributed by atoms with Crippen molar-refractivity contribution in [3.8, 4) is 6.07 Å². The SMILES string of the molecule is C=CC(Cl)=C(F)C=C(C#N)C(=C)Cl. The van der Waals surface area contributed by atoms with Crippen LogP contribution in [0.4, 0.5) is 4.39 Å². The average molecular weight is 218 g/mol. The zero-order valence-electron chi connectivity index (χ0n) is 6.65. The highest BCUT2D eigenvalue weighted by Gasteiger charge is 2.02. The van der Waals surface area contributed by atoms with Crippen molar-refractivity contribution in [3.63, 3.8) is 0 Å². The lowest BCUT2D eigenvalue weighted by atomic mass is 10.2. The van der Waals surface area contributed by atoms with E-state index in [0.717, 1.165) is 12.2 Å². The minimum absolute atomic E-state index is 0.0359. The van der Waals surface area contributed by atoms with E-state index >= 15 is 0 Å². The van der Waals surface area contributed by atoms with Crippen molar-refractivity contribution in [2.75, 3.05) is 0 Å². The number of nitrogens with zero attached hydrogens (tertiary/aromatic N) is 1. The highest BCUT2D eigenvalue weighted by Crippen LogP contribution is 2.19. The van der Waals surface area contributed by atoms with E-state index in [0.29, 0.717) is 0 Å². The predicted molar refractivity (Wildman–Crippen MR) is 52.9 cm³/mol. The molecule has 0 N–H and O–H groups in total. The van der Waals surface area contributed by atoms with Gasteiger partial charge in [-0.15, -0.1) is 0 Å². The van der Waals surface area contributed by atoms with Gasteiger partial charge >= 0.3 is 0 Å². The highest BCUT2D eigenvalue weighted by molar-refractivity contribution is 6.32. The number of halogens is 3. The first-order valence-electron chi connectivity index (χ1n) is 3.17. The van der Waals surface area contributed by atoms with Crippen molar-refractivity contribution in [2.24, 2.45) is 0 Å². The lowest BCUT2D eigenvalue weighted by molar-refractivity contribution is 0.664. The van der Waals surface area contributed by atoms with Gasteiger partial charge < -0.3 is 0 Å². The van der Waals surface area contributed by atoms with Gasteiger partial charge in [-0.2, -0.15) is 5.26 Å². The summed E-state index contributed by atoms with van der Waals surface area (Å²) >= 11 is 10.8. The second-order valence-corrected chi connectivity index (χ2v) is 2.84. The molecule has 0 saturated carbocycles. The first-order chi connectivity index (χ1) is 6.02. The van der Waals surface area contributed by atoms with E-state index in [1.54, 1.807) is 6.07 Å². The fourth-order valence-corrected chi connectivity index (χ4v) is 0.616. The van der Waals surface area contributed by atoms with Crippen LogP contribution < -0.4 is 0 Å². The summed E-state index contributed by atoms with van der Waals surface area (Å²) in [5.74, 6) is -0.769. The Balaban J connectivity index is 5.05. The third-order valence-electron chi connectivity index (χ3n) is 1.09. The van der Waals surface area contributed by atoms with Gasteiger partial charge in [0.05, 0.1) is 15.6 Å². The summed E-state index contributed by atoms with van der Waals surface area (Å²) in [5, 5.41) is 8.27. The van der Waals surface area contributed by atoms with Gasteiger partial charge in [0.2, 0.25) is 0 Å². The molecule has 0 aromatic heterocycles. The normalized spacial score (nSPS) is 12.9. The third kappa shape index (κ3) is 3.93. The molecular weight excluding hydrogens is 212 g/mol. The quantitative estimate of drug-likeness (QED) is 0.522. The van der Waals surface area contributed by atoms with Gasteiger partial charge in [-0.1, -0.05) is 36.4 Å². The van der Waals surface area contributed by atoms with E-state index in [2.05, 4.69) is 13.2 Å². The molecule has 1 nitrogen and oxygen atoms in total. The summed E-state index contributed by atoms with van der Waals surface area (Å²) in [6, 6.07) is 1.67. The molecule has 68 valence electrons. The van der Waals surface area contributed by atoms with Crippen LogP contribution in [0.3, 0.4) is 0 Å². The summed E-state index contributed by atoms with van der Waals surface area (Å²) in [4.78, 5) is 0. The monoisotopic (exact) mass is 217 g/mol. The first-order valence-corrected chi connectivity index (χ1v) is 3.92. The standard InChI is InChI=1S/C9H6Cl2FN/c1-3-8(11)9(12)4-7(5-13)6(2)10/h3-4H,1-2H2. The molecule has 0 aromatic rings. The minimum atomic E-state index is -0.769. The Morgan fingerprint density at radius 2 is 2.00 bits per heavy atom. The highest BCUT2D eigenvalue weighted by atomic mass is 35.5. The molecule has 0 aliphatic heterocycles. The second kappa shape index (κ2) is 5.58. The largest absolute Gasteiger partial charge is 0.205 e. The van der Waals surface area contributed by atoms with Crippen LogP contribution in [0, 0.1) is 11.3 Å². The maximum atomic E-state index is 12.9. The Bertz CT molecular complexity index is 334. The van der Waals surface area contributed by atoms with Crippen molar-refractivity contribution in [2.45, 2.75) is 0 Å². The number of allylic oxidation sites excluding steroid dienone is 6. The predicted octanol–water partition coefficient (Wildman–Crippen LogP) is 3.79. The van der Waals surface area contributed by atoms with Gasteiger partial charge in [0, 0.05) is 0 Å². The maximum absolute atomic E-state index is 12.9. The number of hydrogen-bond acceptors (Lipinski definition) is 1. The Labute approximate surface area is 86.1 Å². The van der Waals surface area contributed by atoms with Crippen LogP contribution in [0.2, 0.25) is 0 Å². The summed E-state index contributed by atoms with van der Waals surface area (Å²) in [6.07, 6.45) is 2.03. The molecule has 0 spiro atoms. The van der Waals surface area contributed by atoms with Crippen LogP contribution in [-0.4, -0.2) is 0 Å². The minimum Gasteiger partial charge on any atom is -0.205 e. The van der Waals surface area contributed by atoms with Gasteiger partial charge in [-0.3, -0.25) is 0 Å². The van der Waals surface area contributed by atoms with E-state index in [9.17, 15) is 4.39 Å². The lowest BCUT2D eigenvalue weighted by Gasteiger charge is -1.93. The van der Waals surface area contributed by atoms with Crippen molar-refractivity contribution in [1.82, 2.24) is 0 Å². The molecule has 0 bridgehead atoms. The van der Waals surface area contributed by atoms with E-state index in [1.807, 2.05) is 0 Å². The summed E-state index contributed by atoms with van der Waals surface area (Å²) in [5.41, 5.74) is -0.0702. The fourth-order valence-electron chi connectivity index (χ4n) is 0.464. The van der Waals surface area contributed by atoms with Gasteiger partial charge in [0.1, 0.15) is 11.9 Å². The Hall–Kier alpha value is -1.04. The Morgan fingerprint density at radius 3 is 2.31 bits per heavy atom. The van der Waals surface area contributed by atoms with E-state index in [-0.39, 0.29) is 15.6 Å². The van der Waals surface area contributed by atoms with Crippen LogP contribution in [0.15, 0.2) is 46.8 Å². The molecular formula is C9H6Cl2FN. The van der Waals surface area contributed by atoms with Crippen LogP contribution in [0.1, 0.15) is 0 Å². The van der Waals surface area contributed by atoms with Crippen LogP contribution >= 0.6 is 23.2 Å².